The van der Waals surface area contributed by atoms with Crippen LogP contribution in [0.4, 0.5) is 0 Å². The van der Waals surface area contributed by atoms with Crippen molar-refractivity contribution in [3.63, 3.8) is 0 Å². The Morgan fingerprint density at radius 3 is 2.44 bits per heavy atom. The van der Waals surface area contributed by atoms with Crippen molar-refractivity contribution in [1.82, 2.24) is 9.55 Å². The molecule has 0 saturated carbocycles. The summed E-state index contributed by atoms with van der Waals surface area (Å²) >= 11 is 1.25. The van der Waals surface area contributed by atoms with Gasteiger partial charge in [0.1, 0.15) is 5.25 Å². The molecule has 2 aromatic carbocycles. The van der Waals surface area contributed by atoms with Crippen molar-refractivity contribution >= 4 is 28.6 Å². The lowest BCUT2D eigenvalue weighted by Gasteiger charge is -2.20. The van der Waals surface area contributed by atoms with Crippen LogP contribution in [0.5, 0.6) is 0 Å². The molecular weight excluding hydrogens is 360 g/mol. The predicted molar refractivity (Wildman–Crippen MR) is 108 cm³/mol. The predicted octanol–water partition coefficient (Wildman–Crippen LogP) is 4.37. The molecule has 0 aliphatic carbocycles. The minimum atomic E-state index is -0.593. The van der Waals surface area contributed by atoms with E-state index in [2.05, 4.69) is 4.98 Å². The van der Waals surface area contributed by atoms with Gasteiger partial charge in [0.15, 0.2) is 5.16 Å². The summed E-state index contributed by atoms with van der Waals surface area (Å²) in [6, 6.07) is 16.6. The Balaban J connectivity index is 2.13. The molecule has 0 amide bonds. The van der Waals surface area contributed by atoms with Crippen molar-refractivity contribution in [3.05, 3.63) is 70.5 Å². The quantitative estimate of drug-likeness (QED) is 0.360. The number of aromatic nitrogens is 2. The van der Waals surface area contributed by atoms with Crippen molar-refractivity contribution in [2.24, 2.45) is 0 Å². The number of hydrogen-bond acceptors (Lipinski definition) is 5. The van der Waals surface area contributed by atoms with Crippen LogP contribution in [0.25, 0.3) is 10.9 Å². The lowest BCUT2D eigenvalue weighted by molar-refractivity contribution is -0.142. The van der Waals surface area contributed by atoms with Crippen molar-refractivity contribution < 1.29 is 9.53 Å². The highest BCUT2D eigenvalue weighted by Crippen LogP contribution is 2.36. The van der Waals surface area contributed by atoms with Crippen LogP contribution in [-0.4, -0.2) is 22.1 Å². The summed E-state index contributed by atoms with van der Waals surface area (Å²) in [5.41, 5.74) is 1.34. The average Bonchev–Trinajstić information content (AvgIpc) is 2.66. The van der Waals surface area contributed by atoms with E-state index in [4.69, 9.17) is 4.74 Å². The van der Waals surface area contributed by atoms with E-state index in [9.17, 15) is 9.59 Å². The SMILES string of the molecule is CCOC(=O)[C@@H](Sc1nc2ccccc2c(=O)n1C(C)C)c1ccccc1. The maximum atomic E-state index is 13.0. The highest BCUT2D eigenvalue weighted by Gasteiger charge is 2.26. The Morgan fingerprint density at radius 1 is 1.11 bits per heavy atom. The molecular formula is C21H22N2O3S. The fourth-order valence-electron chi connectivity index (χ4n) is 2.87. The Labute approximate surface area is 162 Å². The van der Waals surface area contributed by atoms with E-state index < -0.39 is 5.25 Å². The number of fused-ring (bicyclic) bond motifs is 1. The molecule has 6 heteroatoms. The van der Waals surface area contributed by atoms with Gasteiger partial charge in [-0.2, -0.15) is 0 Å². The summed E-state index contributed by atoms with van der Waals surface area (Å²) < 4.78 is 6.91. The molecule has 0 N–H and O–H groups in total. The molecule has 0 bridgehead atoms. The molecule has 0 aliphatic rings. The summed E-state index contributed by atoms with van der Waals surface area (Å²) in [5, 5.41) is 0.489. The summed E-state index contributed by atoms with van der Waals surface area (Å²) in [4.78, 5) is 30.3. The van der Waals surface area contributed by atoms with E-state index in [-0.39, 0.29) is 17.6 Å². The zero-order valence-corrected chi connectivity index (χ0v) is 16.4. The smallest absolute Gasteiger partial charge is 0.324 e. The van der Waals surface area contributed by atoms with Crippen LogP contribution in [0, 0.1) is 0 Å². The van der Waals surface area contributed by atoms with Crippen LogP contribution in [-0.2, 0) is 9.53 Å². The zero-order chi connectivity index (χ0) is 19.4. The van der Waals surface area contributed by atoms with Gasteiger partial charge in [-0.3, -0.25) is 14.2 Å². The molecule has 0 radical (unpaired) electrons. The van der Waals surface area contributed by atoms with E-state index in [0.717, 1.165) is 5.56 Å². The van der Waals surface area contributed by atoms with Crippen molar-refractivity contribution in [3.8, 4) is 0 Å². The molecule has 0 aliphatic heterocycles. The van der Waals surface area contributed by atoms with E-state index in [1.165, 1.54) is 11.8 Å². The first-order valence-electron chi connectivity index (χ1n) is 8.92. The highest BCUT2D eigenvalue weighted by atomic mass is 32.2. The third-order valence-electron chi connectivity index (χ3n) is 4.12. The molecule has 0 spiro atoms. The number of ether oxygens (including phenoxy) is 1. The minimum absolute atomic E-state index is 0.0873. The zero-order valence-electron chi connectivity index (χ0n) is 15.6. The second-order valence-electron chi connectivity index (χ2n) is 6.34. The molecule has 0 unspecified atom stereocenters. The van der Waals surface area contributed by atoms with Gasteiger partial charge >= 0.3 is 5.97 Å². The molecule has 5 nitrogen and oxygen atoms in total. The Kier molecular flexibility index (Phi) is 5.96. The minimum Gasteiger partial charge on any atom is -0.465 e. The number of carbonyl (C=O) groups is 1. The fourth-order valence-corrected chi connectivity index (χ4v) is 4.09. The lowest BCUT2D eigenvalue weighted by Crippen LogP contribution is -2.26. The summed E-state index contributed by atoms with van der Waals surface area (Å²) in [7, 11) is 0. The fraction of sp³-hybridized carbons (Fsp3) is 0.286. The first-order valence-corrected chi connectivity index (χ1v) is 9.80. The topological polar surface area (TPSA) is 61.2 Å². The van der Waals surface area contributed by atoms with Gasteiger partial charge in [0, 0.05) is 6.04 Å². The molecule has 27 heavy (non-hydrogen) atoms. The van der Waals surface area contributed by atoms with E-state index in [1.54, 1.807) is 17.6 Å². The lowest BCUT2D eigenvalue weighted by atomic mass is 10.1. The van der Waals surface area contributed by atoms with Gasteiger partial charge in [-0.25, -0.2) is 4.98 Å². The number of benzene rings is 2. The van der Waals surface area contributed by atoms with Gasteiger partial charge < -0.3 is 4.74 Å². The standard InChI is InChI=1S/C21H22N2O3S/c1-4-26-20(25)18(15-10-6-5-7-11-15)27-21-22-17-13-9-8-12-16(17)19(24)23(21)14(2)3/h5-14,18H,4H2,1-3H3/t18-/m0/s1. The number of para-hydroxylation sites is 1. The summed E-state index contributed by atoms with van der Waals surface area (Å²) in [5.74, 6) is -0.341. The Hall–Kier alpha value is -2.60. The summed E-state index contributed by atoms with van der Waals surface area (Å²) in [6.07, 6.45) is 0. The van der Waals surface area contributed by atoms with Gasteiger partial charge in [-0.1, -0.05) is 54.2 Å². The van der Waals surface area contributed by atoms with Gasteiger partial charge in [0.2, 0.25) is 0 Å². The Morgan fingerprint density at radius 2 is 1.78 bits per heavy atom. The molecule has 140 valence electrons. The monoisotopic (exact) mass is 382 g/mol. The second-order valence-corrected chi connectivity index (χ2v) is 7.41. The number of hydrogen-bond donors (Lipinski definition) is 0. The number of esters is 1. The van der Waals surface area contributed by atoms with Crippen LogP contribution >= 0.6 is 11.8 Å². The normalized spacial score (nSPS) is 12.3. The van der Waals surface area contributed by atoms with Crippen LogP contribution in [0.3, 0.4) is 0 Å². The van der Waals surface area contributed by atoms with Gasteiger partial charge in [0.05, 0.1) is 17.5 Å². The molecule has 3 rings (SSSR count). The van der Waals surface area contributed by atoms with E-state index in [1.807, 2.05) is 62.4 Å². The molecule has 1 heterocycles. The van der Waals surface area contributed by atoms with Crippen LogP contribution < -0.4 is 5.56 Å². The van der Waals surface area contributed by atoms with Crippen molar-refractivity contribution in [2.75, 3.05) is 6.61 Å². The van der Waals surface area contributed by atoms with Crippen LogP contribution in [0.1, 0.15) is 37.6 Å². The van der Waals surface area contributed by atoms with Gasteiger partial charge in [-0.05, 0) is 38.5 Å². The first-order chi connectivity index (χ1) is 13.0. The van der Waals surface area contributed by atoms with Gasteiger partial charge in [0.25, 0.3) is 5.56 Å². The van der Waals surface area contributed by atoms with Crippen LogP contribution in [0.15, 0.2) is 64.5 Å². The molecule has 3 aromatic rings. The number of rotatable bonds is 6. The van der Waals surface area contributed by atoms with E-state index in [0.29, 0.717) is 22.7 Å². The second kappa shape index (κ2) is 8.39. The number of nitrogens with zero attached hydrogens (tertiary/aromatic N) is 2. The highest BCUT2D eigenvalue weighted by molar-refractivity contribution is 8.00. The number of carbonyl (C=O) groups excluding carboxylic acids is 1. The van der Waals surface area contributed by atoms with Crippen LogP contribution in [0.2, 0.25) is 0 Å². The largest absolute Gasteiger partial charge is 0.465 e. The molecule has 1 aromatic heterocycles. The molecule has 1 atom stereocenters. The maximum absolute atomic E-state index is 13.0. The van der Waals surface area contributed by atoms with Crippen molar-refractivity contribution in [1.29, 1.82) is 0 Å². The third kappa shape index (κ3) is 4.06. The average molecular weight is 382 g/mol. The Bertz CT molecular complexity index is 999. The van der Waals surface area contributed by atoms with Crippen molar-refractivity contribution in [2.45, 2.75) is 37.2 Å². The maximum Gasteiger partial charge on any atom is 0.324 e. The third-order valence-corrected chi connectivity index (χ3v) is 5.32. The molecule has 0 saturated heterocycles. The van der Waals surface area contributed by atoms with E-state index >= 15 is 0 Å². The first kappa shape index (κ1) is 19.2. The molecule has 0 fully saturated rings. The number of thioether (sulfide) groups is 1. The van der Waals surface area contributed by atoms with Gasteiger partial charge in [-0.15, -0.1) is 0 Å². The summed E-state index contributed by atoms with van der Waals surface area (Å²) in [6.45, 7) is 5.95.